The molecule has 1 aromatic rings. The molecule has 0 saturated carbocycles. The van der Waals surface area contributed by atoms with Crippen molar-refractivity contribution in [3.05, 3.63) is 5.82 Å². The van der Waals surface area contributed by atoms with Gasteiger partial charge < -0.3 is 10.0 Å². The van der Waals surface area contributed by atoms with Crippen LogP contribution in [0.5, 0.6) is 0 Å². The highest BCUT2D eigenvalue weighted by Crippen LogP contribution is 1.96. The Hall–Kier alpha value is -1.01. The number of tetrazole rings is 1. The van der Waals surface area contributed by atoms with Crippen LogP contribution in [0.25, 0.3) is 0 Å². The van der Waals surface area contributed by atoms with Crippen molar-refractivity contribution in [2.75, 3.05) is 19.6 Å². The first-order valence-electron chi connectivity index (χ1n) is 4.90. The van der Waals surface area contributed by atoms with Crippen LogP contribution >= 0.6 is 0 Å². The van der Waals surface area contributed by atoms with Crippen LogP contribution in [0, 0.1) is 0 Å². The molecule has 0 fully saturated rings. The molecular weight excluding hydrogens is 182 g/mol. The summed E-state index contributed by atoms with van der Waals surface area (Å²) in [5, 5.41) is 19.9. The van der Waals surface area contributed by atoms with Gasteiger partial charge in [0.1, 0.15) is 6.73 Å². The maximum atomic E-state index is 8.89. The lowest BCUT2D eigenvalue weighted by molar-refractivity contribution is 0.186. The van der Waals surface area contributed by atoms with Crippen LogP contribution in [0.15, 0.2) is 0 Å². The predicted octanol–water partition coefficient (Wildman–Crippen LogP) is -0.493. The van der Waals surface area contributed by atoms with E-state index < -0.39 is 0 Å². The number of hydrogen-bond donors (Lipinski definition) is 1. The smallest absolute Gasteiger partial charge is 0.155 e. The van der Waals surface area contributed by atoms with Gasteiger partial charge in [-0.1, -0.05) is 13.8 Å². The van der Waals surface area contributed by atoms with Crippen LogP contribution < -0.4 is 0 Å². The molecule has 80 valence electrons. The molecule has 1 heterocycles. The average Bonchev–Trinajstić information content (AvgIpc) is 2.67. The zero-order valence-electron chi connectivity index (χ0n) is 8.72. The van der Waals surface area contributed by atoms with Crippen LogP contribution in [0.2, 0.25) is 0 Å². The molecule has 0 radical (unpaired) electrons. The van der Waals surface area contributed by atoms with E-state index in [1.807, 2.05) is 0 Å². The molecule has 6 nitrogen and oxygen atoms in total. The van der Waals surface area contributed by atoms with Crippen LogP contribution in [0.1, 0.15) is 19.7 Å². The second-order valence-electron chi connectivity index (χ2n) is 3.01. The van der Waals surface area contributed by atoms with Gasteiger partial charge in [0.2, 0.25) is 0 Å². The first-order chi connectivity index (χ1) is 6.81. The molecule has 0 spiro atoms. The standard InChI is InChI=1S/C8H17N5O/c1-3-12(4-2)6-5-8-9-10-11-13(8)7-14/h14H,3-7H2,1-2H3. The van der Waals surface area contributed by atoms with Gasteiger partial charge in [-0.15, -0.1) is 5.10 Å². The van der Waals surface area contributed by atoms with Gasteiger partial charge >= 0.3 is 0 Å². The second kappa shape index (κ2) is 5.66. The quantitative estimate of drug-likeness (QED) is 0.669. The fourth-order valence-electron chi connectivity index (χ4n) is 1.31. The summed E-state index contributed by atoms with van der Waals surface area (Å²) in [4.78, 5) is 2.29. The van der Waals surface area contributed by atoms with Gasteiger partial charge in [0.05, 0.1) is 0 Å². The summed E-state index contributed by atoms with van der Waals surface area (Å²) >= 11 is 0. The molecule has 0 aliphatic carbocycles. The molecule has 6 heteroatoms. The third-order valence-electron chi connectivity index (χ3n) is 2.29. The summed E-state index contributed by atoms with van der Waals surface area (Å²) in [6.45, 7) is 7.07. The van der Waals surface area contributed by atoms with E-state index in [1.165, 1.54) is 4.68 Å². The van der Waals surface area contributed by atoms with Crippen LogP contribution in [-0.4, -0.2) is 49.8 Å². The largest absolute Gasteiger partial charge is 0.374 e. The van der Waals surface area contributed by atoms with Crippen molar-refractivity contribution in [3.63, 3.8) is 0 Å². The van der Waals surface area contributed by atoms with Gasteiger partial charge in [0.25, 0.3) is 0 Å². The van der Waals surface area contributed by atoms with Crippen molar-refractivity contribution in [2.45, 2.75) is 27.0 Å². The topological polar surface area (TPSA) is 67.1 Å². The van der Waals surface area contributed by atoms with Crippen molar-refractivity contribution in [2.24, 2.45) is 0 Å². The Labute approximate surface area is 83.5 Å². The lowest BCUT2D eigenvalue weighted by Crippen LogP contribution is -2.26. The Morgan fingerprint density at radius 3 is 2.64 bits per heavy atom. The van der Waals surface area contributed by atoms with E-state index in [0.717, 1.165) is 31.9 Å². The molecule has 1 N–H and O–H groups in total. The van der Waals surface area contributed by atoms with Gasteiger partial charge in [-0.3, -0.25) is 0 Å². The van der Waals surface area contributed by atoms with Gasteiger partial charge in [-0.05, 0) is 23.5 Å². The summed E-state index contributed by atoms with van der Waals surface area (Å²) in [6.07, 6.45) is 0.773. The Bertz CT molecular complexity index is 258. The van der Waals surface area contributed by atoms with E-state index in [4.69, 9.17) is 5.11 Å². The SMILES string of the molecule is CCN(CC)CCc1nnnn1CO. The normalized spacial score (nSPS) is 11.1. The van der Waals surface area contributed by atoms with Crippen molar-refractivity contribution in [1.29, 1.82) is 0 Å². The Kier molecular flexibility index (Phi) is 4.48. The third-order valence-corrected chi connectivity index (χ3v) is 2.29. The molecule has 0 bridgehead atoms. The lowest BCUT2D eigenvalue weighted by atomic mass is 10.3. The molecule has 0 aliphatic heterocycles. The highest BCUT2D eigenvalue weighted by Gasteiger charge is 2.06. The number of aliphatic hydroxyl groups excluding tert-OH is 1. The Morgan fingerprint density at radius 2 is 2.07 bits per heavy atom. The summed E-state index contributed by atoms with van der Waals surface area (Å²) in [7, 11) is 0. The molecule has 1 rings (SSSR count). The summed E-state index contributed by atoms with van der Waals surface area (Å²) in [5.41, 5.74) is 0. The summed E-state index contributed by atoms with van der Waals surface area (Å²) < 4.78 is 1.41. The van der Waals surface area contributed by atoms with E-state index >= 15 is 0 Å². The van der Waals surface area contributed by atoms with Crippen molar-refractivity contribution >= 4 is 0 Å². The molecule has 0 amide bonds. The number of hydrogen-bond acceptors (Lipinski definition) is 5. The number of nitrogens with zero attached hydrogens (tertiary/aromatic N) is 5. The van der Waals surface area contributed by atoms with Gasteiger partial charge in [-0.25, -0.2) is 4.68 Å². The second-order valence-corrected chi connectivity index (χ2v) is 3.01. The van der Waals surface area contributed by atoms with Crippen LogP contribution in [0.3, 0.4) is 0 Å². The van der Waals surface area contributed by atoms with Crippen LogP contribution in [0.4, 0.5) is 0 Å². The van der Waals surface area contributed by atoms with E-state index in [9.17, 15) is 0 Å². The Balaban J connectivity index is 2.44. The van der Waals surface area contributed by atoms with E-state index in [1.54, 1.807) is 0 Å². The first kappa shape index (κ1) is 11.1. The number of aliphatic hydroxyl groups is 1. The maximum absolute atomic E-state index is 8.89. The minimum absolute atomic E-state index is 0.152. The predicted molar refractivity (Wildman–Crippen MR) is 51.5 cm³/mol. The molecule has 0 unspecified atom stereocenters. The third kappa shape index (κ3) is 2.74. The van der Waals surface area contributed by atoms with Gasteiger partial charge in [-0.2, -0.15) is 0 Å². The minimum Gasteiger partial charge on any atom is -0.374 e. The maximum Gasteiger partial charge on any atom is 0.155 e. The number of likely N-dealkylation sites (N-methyl/N-ethyl adjacent to an activating group) is 1. The lowest BCUT2D eigenvalue weighted by Gasteiger charge is -2.16. The van der Waals surface area contributed by atoms with Gasteiger partial charge in [0, 0.05) is 13.0 Å². The highest BCUT2D eigenvalue weighted by molar-refractivity contribution is 4.81. The zero-order valence-corrected chi connectivity index (χ0v) is 8.72. The molecule has 0 saturated heterocycles. The van der Waals surface area contributed by atoms with Crippen LogP contribution in [-0.2, 0) is 13.2 Å². The summed E-state index contributed by atoms with van der Waals surface area (Å²) in [6, 6.07) is 0. The zero-order chi connectivity index (χ0) is 10.4. The molecule has 0 aromatic carbocycles. The molecule has 14 heavy (non-hydrogen) atoms. The van der Waals surface area contributed by atoms with Crippen molar-refractivity contribution in [1.82, 2.24) is 25.1 Å². The van der Waals surface area contributed by atoms with E-state index in [-0.39, 0.29) is 6.73 Å². The highest BCUT2D eigenvalue weighted by atomic mass is 16.3. The summed E-state index contributed by atoms with van der Waals surface area (Å²) in [5.74, 6) is 0.736. The fraction of sp³-hybridized carbons (Fsp3) is 0.875. The molecule has 1 aromatic heterocycles. The molecule has 0 aliphatic rings. The van der Waals surface area contributed by atoms with Crippen molar-refractivity contribution < 1.29 is 5.11 Å². The van der Waals surface area contributed by atoms with Gasteiger partial charge in [0.15, 0.2) is 5.82 Å². The van der Waals surface area contributed by atoms with E-state index in [2.05, 4.69) is 34.3 Å². The number of aromatic nitrogens is 4. The first-order valence-corrected chi connectivity index (χ1v) is 4.90. The van der Waals surface area contributed by atoms with E-state index in [0.29, 0.717) is 0 Å². The minimum atomic E-state index is -0.152. The monoisotopic (exact) mass is 199 g/mol. The number of rotatable bonds is 6. The average molecular weight is 199 g/mol. The molecule has 0 atom stereocenters. The van der Waals surface area contributed by atoms with Crippen molar-refractivity contribution in [3.8, 4) is 0 Å². The Morgan fingerprint density at radius 1 is 1.36 bits per heavy atom. The fourth-order valence-corrected chi connectivity index (χ4v) is 1.31. The molecular formula is C8H17N5O.